The first-order valence-electron chi connectivity index (χ1n) is 4.85. The van der Waals surface area contributed by atoms with Gasteiger partial charge in [0.1, 0.15) is 5.69 Å². The molecule has 0 bridgehead atoms. The van der Waals surface area contributed by atoms with Gasteiger partial charge in [-0.3, -0.25) is 0 Å². The van der Waals surface area contributed by atoms with Crippen molar-refractivity contribution in [2.75, 3.05) is 25.7 Å². The van der Waals surface area contributed by atoms with Crippen molar-refractivity contribution in [3.8, 4) is 0 Å². The summed E-state index contributed by atoms with van der Waals surface area (Å²) in [5.41, 5.74) is -1.25. The summed E-state index contributed by atoms with van der Waals surface area (Å²) in [5, 5.41) is 1.90. The molecule has 0 spiro atoms. The summed E-state index contributed by atoms with van der Waals surface area (Å²) >= 11 is 0. The van der Waals surface area contributed by atoms with Crippen LogP contribution in [-0.4, -0.2) is 34.0 Å². The minimum atomic E-state index is -3.76. The van der Waals surface area contributed by atoms with Gasteiger partial charge in [-0.25, -0.2) is 22.0 Å². The van der Waals surface area contributed by atoms with E-state index in [-0.39, 0.29) is 0 Å². The van der Waals surface area contributed by atoms with Gasteiger partial charge in [-0.15, -0.1) is 0 Å². The molecule has 1 aromatic rings. The number of benzene rings is 1. The molecule has 0 radical (unpaired) electrons. The van der Waals surface area contributed by atoms with E-state index < -0.39 is 49.7 Å². The average molecular weight is 303 g/mol. The molecule has 1 aromatic carbocycles. The summed E-state index contributed by atoms with van der Waals surface area (Å²) in [6.45, 7) is 0. The smallest absolute Gasteiger partial charge is 0.389 e. The van der Waals surface area contributed by atoms with Crippen molar-refractivity contribution in [1.29, 1.82) is 0 Å². The molecule has 10 heteroatoms. The maximum Gasteiger partial charge on any atom is 0.517 e. The fourth-order valence-corrected chi connectivity index (χ4v) is 2.04. The van der Waals surface area contributed by atoms with Crippen molar-refractivity contribution in [2.45, 2.75) is 0 Å². The van der Waals surface area contributed by atoms with Crippen LogP contribution < -0.4 is 5.32 Å². The lowest BCUT2D eigenvalue weighted by Gasteiger charge is -2.21. The molecule has 0 aliphatic carbocycles. The number of halogens is 5. The van der Waals surface area contributed by atoms with Gasteiger partial charge in [-0.1, -0.05) is 0 Å². The van der Waals surface area contributed by atoms with E-state index in [9.17, 15) is 26.7 Å². The van der Waals surface area contributed by atoms with Crippen molar-refractivity contribution in [2.24, 2.45) is 0 Å². The summed E-state index contributed by atoms with van der Waals surface area (Å²) in [7, 11) is -1.60. The predicted molar refractivity (Wildman–Crippen MR) is 56.7 cm³/mol. The van der Waals surface area contributed by atoms with E-state index in [1.807, 2.05) is 5.32 Å². The van der Waals surface area contributed by atoms with E-state index in [2.05, 4.69) is 8.85 Å². The molecule has 0 saturated heterocycles. The van der Waals surface area contributed by atoms with Crippen LogP contribution in [0.5, 0.6) is 0 Å². The summed E-state index contributed by atoms with van der Waals surface area (Å²) in [6, 6.07) is 0. The molecular formula is C9H10F5NO3Si. The molecule has 19 heavy (non-hydrogen) atoms. The van der Waals surface area contributed by atoms with E-state index >= 15 is 0 Å². The topological polar surface area (TPSA) is 50.7 Å². The van der Waals surface area contributed by atoms with Gasteiger partial charge < -0.3 is 19.0 Å². The maximum absolute atomic E-state index is 13.3. The molecule has 0 fully saturated rings. The molecule has 0 aromatic heterocycles. The van der Waals surface area contributed by atoms with E-state index in [1.165, 1.54) is 0 Å². The van der Waals surface area contributed by atoms with Crippen LogP contribution >= 0.6 is 0 Å². The van der Waals surface area contributed by atoms with Crippen molar-refractivity contribution < 1.29 is 35.6 Å². The molecule has 0 aliphatic rings. The molecule has 0 saturated carbocycles. The first-order valence-corrected chi connectivity index (χ1v) is 6.82. The van der Waals surface area contributed by atoms with Gasteiger partial charge in [0.05, 0.1) is 6.17 Å². The number of hydrogen-bond acceptors (Lipinski definition) is 4. The van der Waals surface area contributed by atoms with Gasteiger partial charge in [0.2, 0.25) is 5.82 Å². The maximum atomic E-state index is 13.3. The Morgan fingerprint density at radius 2 is 1.26 bits per heavy atom. The Bertz CT molecular complexity index is 454. The molecule has 1 rings (SSSR count). The zero-order valence-electron chi connectivity index (χ0n) is 9.86. The van der Waals surface area contributed by atoms with Crippen molar-refractivity contribution in [3.63, 3.8) is 0 Å². The number of nitrogens with one attached hydrogen (secondary N) is 1. The van der Waals surface area contributed by atoms with Gasteiger partial charge in [0.15, 0.2) is 23.3 Å². The molecule has 0 amide bonds. The predicted octanol–water partition coefficient (Wildman–Crippen LogP) is 1.56. The van der Waals surface area contributed by atoms with E-state index in [4.69, 9.17) is 0 Å². The highest BCUT2D eigenvalue weighted by Crippen LogP contribution is 2.27. The quantitative estimate of drug-likeness (QED) is 0.375. The molecule has 0 unspecified atom stereocenters. The van der Waals surface area contributed by atoms with Crippen LogP contribution in [0.2, 0.25) is 0 Å². The Morgan fingerprint density at radius 3 is 1.63 bits per heavy atom. The number of hydrogen-bond donors (Lipinski definition) is 2. The summed E-state index contributed by atoms with van der Waals surface area (Å²) in [5.74, 6) is -10.5. The molecular weight excluding hydrogens is 293 g/mol. The highest BCUT2D eigenvalue weighted by atomic mass is 28.4. The largest absolute Gasteiger partial charge is 0.517 e. The molecule has 2 N–H and O–H groups in total. The van der Waals surface area contributed by atoms with Gasteiger partial charge in [-0.2, -0.15) is 0 Å². The van der Waals surface area contributed by atoms with E-state index in [0.29, 0.717) is 0 Å². The third-order valence-corrected chi connectivity index (χ3v) is 4.24. The van der Waals surface area contributed by atoms with Crippen LogP contribution in [0.1, 0.15) is 0 Å². The third kappa shape index (κ3) is 3.02. The van der Waals surface area contributed by atoms with Crippen LogP contribution in [0, 0.1) is 29.1 Å². The monoisotopic (exact) mass is 303 g/mol. The van der Waals surface area contributed by atoms with E-state index in [0.717, 1.165) is 14.2 Å². The van der Waals surface area contributed by atoms with Crippen LogP contribution in [-0.2, 0) is 8.85 Å². The highest BCUT2D eigenvalue weighted by Gasteiger charge is 2.36. The Labute approximate surface area is 106 Å². The van der Waals surface area contributed by atoms with Gasteiger partial charge >= 0.3 is 8.80 Å². The lowest BCUT2D eigenvalue weighted by Crippen LogP contribution is -2.48. The van der Waals surface area contributed by atoms with Crippen molar-refractivity contribution in [1.82, 2.24) is 0 Å². The van der Waals surface area contributed by atoms with Crippen LogP contribution in [0.4, 0.5) is 27.6 Å². The minimum absolute atomic E-state index is 0.627. The van der Waals surface area contributed by atoms with Crippen LogP contribution in [0.3, 0.4) is 0 Å². The lowest BCUT2D eigenvalue weighted by atomic mass is 10.2. The van der Waals surface area contributed by atoms with E-state index in [1.54, 1.807) is 0 Å². The van der Waals surface area contributed by atoms with Gasteiger partial charge in [0, 0.05) is 14.2 Å². The third-order valence-electron chi connectivity index (χ3n) is 2.34. The SMILES string of the molecule is CO[Si](O)(CNc1c(F)c(F)c(F)c(F)c1F)OC. The second-order valence-electron chi connectivity index (χ2n) is 3.42. The Hall–Kier alpha value is -1.23. The second-order valence-corrected chi connectivity index (χ2v) is 6.01. The molecule has 0 aliphatic heterocycles. The number of anilines is 1. The zero-order valence-corrected chi connectivity index (χ0v) is 10.9. The average Bonchev–Trinajstić information content (AvgIpc) is 2.42. The van der Waals surface area contributed by atoms with Crippen LogP contribution in [0.25, 0.3) is 0 Å². The van der Waals surface area contributed by atoms with Crippen LogP contribution in [0.15, 0.2) is 0 Å². The Morgan fingerprint density at radius 1 is 0.895 bits per heavy atom. The Balaban J connectivity index is 3.09. The van der Waals surface area contributed by atoms with Crippen molar-refractivity contribution >= 4 is 14.5 Å². The van der Waals surface area contributed by atoms with Gasteiger partial charge in [-0.05, 0) is 0 Å². The molecule has 0 atom stereocenters. The van der Waals surface area contributed by atoms with Gasteiger partial charge in [0.25, 0.3) is 0 Å². The first kappa shape index (κ1) is 15.8. The molecule has 4 nitrogen and oxygen atoms in total. The van der Waals surface area contributed by atoms with Crippen molar-refractivity contribution in [3.05, 3.63) is 29.1 Å². The normalized spacial score (nSPS) is 11.8. The zero-order chi connectivity index (χ0) is 14.8. The standard InChI is InChI=1S/C9H10F5NO3Si/c1-17-19(16,18-2)3-15-9-7(13)5(11)4(10)6(12)8(9)14/h15-16H,3H2,1-2H3. The fourth-order valence-electron chi connectivity index (χ4n) is 1.19. The highest BCUT2D eigenvalue weighted by molar-refractivity contribution is 6.59. The second kappa shape index (κ2) is 5.82. The fraction of sp³-hybridized carbons (Fsp3) is 0.333. The number of rotatable bonds is 5. The summed E-state index contributed by atoms with van der Waals surface area (Å²) in [4.78, 5) is 9.59. The molecule has 108 valence electrons. The summed E-state index contributed by atoms with van der Waals surface area (Å²) in [6.07, 6.45) is -0.627. The first-order chi connectivity index (χ1) is 8.77. The lowest BCUT2D eigenvalue weighted by molar-refractivity contribution is 0.155. The minimum Gasteiger partial charge on any atom is -0.389 e. The molecule has 0 heterocycles. The Kier molecular flexibility index (Phi) is 4.84. The summed E-state index contributed by atoms with van der Waals surface area (Å²) < 4.78 is 74.2.